The summed E-state index contributed by atoms with van der Waals surface area (Å²) in [5.41, 5.74) is 2.92. The lowest BCUT2D eigenvalue weighted by molar-refractivity contribution is 1.85. The first kappa shape index (κ1) is 7.14. The summed E-state index contributed by atoms with van der Waals surface area (Å²) in [6.45, 7) is 0. The fourth-order valence-electron chi connectivity index (χ4n) is 0.562. The van der Waals surface area contributed by atoms with Gasteiger partial charge in [0.05, 0.1) is 0 Å². The minimum absolute atomic E-state index is 0.715. The second-order valence-electron chi connectivity index (χ2n) is 1.80. The van der Waals surface area contributed by atoms with Crippen molar-refractivity contribution in [3.8, 4) is 0 Å². The number of allylic oxidation sites excluding steroid dienone is 7. The maximum atomic E-state index is 5.72. The Morgan fingerprint density at radius 1 is 1.10 bits per heavy atom. The summed E-state index contributed by atoms with van der Waals surface area (Å²) in [5.74, 6) is 0. The first-order valence-corrected chi connectivity index (χ1v) is 3.39. The zero-order valence-corrected chi connectivity index (χ0v) is 6.18. The highest BCUT2D eigenvalue weighted by molar-refractivity contribution is 6.31. The zero-order valence-electron chi connectivity index (χ0n) is 5.42. The van der Waals surface area contributed by atoms with Gasteiger partial charge in [0.25, 0.3) is 0 Å². The minimum atomic E-state index is 0.715. The van der Waals surface area contributed by atoms with Gasteiger partial charge in [0, 0.05) is 5.03 Å². The van der Waals surface area contributed by atoms with Crippen LogP contribution >= 0.6 is 11.6 Å². The summed E-state index contributed by atoms with van der Waals surface area (Å²) in [7, 11) is 0. The molecule has 10 heavy (non-hydrogen) atoms. The van der Waals surface area contributed by atoms with Crippen molar-refractivity contribution in [1.29, 1.82) is 0 Å². The van der Waals surface area contributed by atoms with Crippen LogP contribution in [0.4, 0.5) is 0 Å². The van der Waals surface area contributed by atoms with Crippen LogP contribution < -0.4 is 0 Å². The first-order valence-electron chi connectivity index (χ1n) is 3.01. The average Bonchev–Trinajstić information content (AvgIpc) is 2.02. The molecule has 0 saturated carbocycles. The first-order chi connectivity index (χ1) is 4.89. The second-order valence-corrected chi connectivity index (χ2v) is 2.23. The molecule has 0 aromatic carbocycles. The van der Waals surface area contributed by atoms with E-state index in [0.717, 1.165) is 0 Å². The van der Waals surface area contributed by atoms with Crippen molar-refractivity contribution in [3.63, 3.8) is 0 Å². The highest BCUT2D eigenvalue weighted by Crippen LogP contribution is 2.03. The van der Waals surface area contributed by atoms with Gasteiger partial charge in [0.15, 0.2) is 0 Å². The van der Waals surface area contributed by atoms with E-state index in [4.69, 9.17) is 11.6 Å². The number of rotatable bonds is 0. The van der Waals surface area contributed by atoms with E-state index in [1.807, 2.05) is 30.4 Å². The molecule has 1 aliphatic carbocycles. The molecule has 0 heterocycles. The smallest absolute Gasteiger partial charge is 0.0412 e. The molecule has 0 fully saturated rings. The van der Waals surface area contributed by atoms with Crippen LogP contribution in [0.25, 0.3) is 0 Å². The third-order valence-electron chi connectivity index (χ3n) is 1.01. The summed E-state index contributed by atoms with van der Waals surface area (Å²) in [4.78, 5) is 0. The molecule has 1 heteroatoms. The van der Waals surface area contributed by atoms with E-state index < -0.39 is 0 Å². The molecule has 0 spiro atoms. The molecule has 0 atom stereocenters. The van der Waals surface area contributed by atoms with Crippen molar-refractivity contribution in [2.75, 3.05) is 0 Å². The van der Waals surface area contributed by atoms with E-state index in [-0.39, 0.29) is 0 Å². The maximum Gasteiger partial charge on any atom is 0.0412 e. The van der Waals surface area contributed by atoms with Gasteiger partial charge in [-0.2, -0.15) is 0 Å². The third-order valence-corrected chi connectivity index (χ3v) is 1.26. The van der Waals surface area contributed by atoms with Gasteiger partial charge in [-0.3, -0.25) is 0 Å². The van der Waals surface area contributed by atoms with Gasteiger partial charge in [-0.05, 0) is 24.3 Å². The molecular formula is C9H7Cl. The Bertz CT molecular complexity index is 248. The molecule has 0 radical (unpaired) electrons. The Labute approximate surface area is 65.5 Å². The van der Waals surface area contributed by atoms with Gasteiger partial charge in [0.2, 0.25) is 0 Å². The lowest BCUT2D eigenvalue weighted by atomic mass is 10.4. The van der Waals surface area contributed by atoms with Crippen molar-refractivity contribution in [3.05, 3.63) is 53.3 Å². The fraction of sp³-hybridized carbons (Fsp3) is 0. The number of hydrogen-bond acceptors (Lipinski definition) is 0. The SMILES string of the molecule is ClC1=C/C=C=C\C=C/C=C\1. The van der Waals surface area contributed by atoms with E-state index in [9.17, 15) is 0 Å². The lowest BCUT2D eigenvalue weighted by Gasteiger charge is -1.79. The van der Waals surface area contributed by atoms with Crippen LogP contribution in [0.5, 0.6) is 0 Å². The van der Waals surface area contributed by atoms with E-state index >= 15 is 0 Å². The van der Waals surface area contributed by atoms with Crippen LogP contribution in [0, 0.1) is 0 Å². The van der Waals surface area contributed by atoms with Crippen LogP contribution in [0.1, 0.15) is 0 Å². The van der Waals surface area contributed by atoms with E-state index in [1.54, 1.807) is 12.2 Å². The molecule has 0 N–H and O–H groups in total. The fourth-order valence-corrected chi connectivity index (χ4v) is 0.697. The third kappa shape index (κ3) is 2.54. The lowest BCUT2D eigenvalue weighted by Crippen LogP contribution is -1.57. The summed E-state index contributed by atoms with van der Waals surface area (Å²) >= 11 is 5.72. The van der Waals surface area contributed by atoms with Gasteiger partial charge < -0.3 is 0 Å². The van der Waals surface area contributed by atoms with Crippen molar-refractivity contribution < 1.29 is 0 Å². The Morgan fingerprint density at radius 3 is 2.90 bits per heavy atom. The van der Waals surface area contributed by atoms with Crippen molar-refractivity contribution >= 4 is 11.6 Å². The molecule has 0 nitrogen and oxygen atoms in total. The second kappa shape index (κ2) is 3.94. The van der Waals surface area contributed by atoms with Gasteiger partial charge in [0.1, 0.15) is 0 Å². The van der Waals surface area contributed by atoms with Gasteiger partial charge in [-0.15, -0.1) is 5.73 Å². The maximum absolute atomic E-state index is 5.72. The molecule has 0 aliphatic heterocycles. The summed E-state index contributed by atoms with van der Waals surface area (Å²) < 4.78 is 0. The molecule has 0 aromatic heterocycles. The molecule has 0 saturated heterocycles. The molecule has 1 rings (SSSR count). The van der Waals surface area contributed by atoms with Crippen molar-refractivity contribution in [1.82, 2.24) is 0 Å². The zero-order chi connectivity index (χ0) is 7.23. The largest absolute Gasteiger partial charge is 0.121 e. The Kier molecular flexibility index (Phi) is 2.82. The van der Waals surface area contributed by atoms with Gasteiger partial charge in [-0.1, -0.05) is 29.8 Å². The van der Waals surface area contributed by atoms with Crippen molar-refractivity contribution in [2.45, 2.75) is 0 Å². The van der Waals surface area contributed by atoms with Gasteiger partial charge in [-0.25, -0.2) is 0 Å². The quantitative estimate of drug-likeness (QED) is 0.466. The van der Waals surface area contributed by atoms with Crippen LogP contribution in [-0.4, -0.2) is 0 Å². The summed E-state index contributed by atoms with van der Waals surface area (Å²) in [5, 5.41) is 0.715. The van der Waals surface area contributed by atoms with E-state index in [1.165, 1.54) is 0 Å². The topological polar surface area (TPSA) is 0 Å². The summed E-state index contributed by atoms with van der Waals surface area (Å²) in [6, 6.07) is 0. The molecule has 0 bridgehead atoms. The van der Waals surface area contributed by atoms with Crippen molar-refractivity contribution in [2.24, 2.45) is 0 Å². The monoisotopic (exact) mass is 150 g/mol. The Hall–Kier alpha value is -0.970. The van der Waals surface area contributed by atoms with E-state index in [0.29, 0.717) is 5.03 Å². The van der Waals surface area contributed by atoms with Crippen LogP contribution in [0.15, 0.2) is 53.3 Å². The standard InChI is InChI=1S/C9H7Cl/c10-9-7-5-3-1-2-4-6-8-9/h1-3,5-8H/b3-1-,7-5-,9-8+. The van der Waals surface area contributed by atoms with Crippen LogP contribution in [-0.2, 0) is 0 Å². The minimum Gasteiger partial charge on any atom is -0.121 e. The highest BCUT2D eigenvalue weighted by Gasteiger charge is 1.78. The normalized spacial score (nSPS) is 27.5. The summed E-state index contributed by atoms with van der Waals surface area (Å²) in [6.07, 6.45) is 12.9. The number of halogens is 1. The molecule has 0 unspecified atom stereocenters. The van der Waals surface area contributed by atoms with E-state index in [2.05, 4.69) is 5.73 Å². The number of hydrogen-bond donors (Lipinski definition) is 0. The molecule has 50 valence electrons. The van der Waals surface area contributed by atoms with Crippen LogP contribution in [0.2, 0.25) is 0 Å². The molecule has 0 amide bonds. The van der Waals surface area contributed by atoms with Crippen LogP contribution in [0.3, 0.4) is 0 Å². The molecule has 0 aromatic rings. The predicted molar refractivity (Wildman–Crippen MR) is 44.9 cm³/mol. The Balaban J connectivity index is 2.91. The van der Waals surface area contributed by atoms with Gasteiger partial charge >= 0.3 is 0 Å². The predicted octanol–water partition coefficient (Wildman–Crippen LogP) is 2.95. The molecule has 1 aliphatic rings. The average molecular weight is 151 g/mol. The highest BCUT2D eigenvalue weighted by atomic mass is 35.5. The molecular weight excluding hydrogens is 144 g/mol. The Morgan fingerprint density at radius 2 is 2.00 bits per heavy atom.